The SMILES string of the molecule is CN(C(=O)[C@@H]1Cc2ccccc2N1)[C@@H]1COCc2[nH]c(=O)c3cc(F)ccc3c21. The Balaban J connectivity index is 1.52. The number of carbonyl (C=O) groups excluding carboxylic acids is 1. The molecular formula is C22H20FN3O3. The summed E-state index contributed by atoms with van der Waals surface area (Å²) in [5, 5.41) is 4.23. The Morgan fingerprint density at radius 1 is 1.21 bits per heavy atom. The number of nitrogens with zero attached hydrogens (tertiary/aromatic N) is 1. The molecule has 0 radical (unpaired) electrons. The van der Waals surface area contributed by atoms with Crippen molar-refractivity contribution >= 4 is 22.4 Å². The smallest absolute Gasteiger partial charge is 0.256 e. The Hall–Kier alpha value is -3.19. The van der Waals surface area contributed by atoms with E-state index in [1.165, 1.54) is 12.1 Å². The highest BCUT2D eigenvalue weighted by Crippen LogP contribution is 2.34. The van der Waals surface area contributed by atoms with Gasteiger partial charge in [0.2, 0.25) is 5.91 Å². The molecule has 29 heavy (non-hydrogen) atoms. The molecule has 7 heteroatoms. The summed E-state index contributed by atoms with van der Waals surface area (Å²) in [7, 11) is 1.75. The maximum Gasteiger partial charge on any atom is 0.256 e. The van der Waals surface area contributed by atoms with Gasteiger partial charge in [0.15, 0.2) is 0 Å². The Kier molecular flexibility index (Phi) is 4.13. The first-order valence-electron chi connectivity index (χ1n) is 9.56. The lowest BCUT2D eigenvalue weighted by Crippen LogP contribution is -2.44. The van der Waals surface area contributed by atoms with Crippen molar-refractivity contribution in [2.45, 2.75) is 25.1 Å². The summed E-state index contributed by atoms with van der Waals surface area (Å²) >= 11 is 0. The average molecular weight is 393 g/mol. The van der Waals surface area contributed by atoms with E-state index in [4.69, 9.17) is 4.74 Å². The fourth-order valence-electron chi connectivity index (χ4n) is 4.38. The van der Waals surface area contributed by atoms with Crippen LogP contribution in [0.2, 0.25) is 0 Å². The van der Waals surface area contributed by atoms with Crippen LogP contribution >= 0.6 is 0 Å². The number of H-pyrrole nitrogens is 1. The summed E-state index contributed by atoms with van der Waals surface area (Å²) in [6.07, 6.45) is 0.622. The molecule has 1 aromatic heterocycles. The number of anilines is 1. The number of likely N-dealkylation sites (N-methyl/N-ethyl adjacent to an activating group) is 1. The van der Waals surface area contributed by atoms with Crippen LogP contribution in [0.3, 0.4) is 0 Å². The zero-order chi connectivity index (χ0) is 20.1. The quantitative estimate of drug-likeness (QED) is 0.702. The van der Waals surface area contributed by atoms with Crippen LogP contribution in [0.15, 0.2) is 47.3 Å². The predicted octanol–water partition coefficient (Wildman–Crippen LogP) is 2.73. The molecule has 0 bridgehead atoms. The second-order valence-corrected chi connectivity index (χ2v) is 7.57. The molecule has 2 aliphatic rings. The van der Waals surface area contributed by atoms with Gasteiger partial charge in [-0.3, -0.25) is 9.59 Å². The van der Waals surface area contributed by atoms with Gasteiger partial charge in [-0.05, 0) is 29.1 Å². The number of benzene rings is 2. The average Bonchev–Trinajstić information content (AvgIpc) is 3.16. The molecule has 1 amide bonds. The number of fused-ring (bicyclic) bond motifs is 4. The largest absolute Gasteiger partial charge is 0.373 e. The molecule has 0 saturated carbocycles. The van der Waals surface area contributed by atoms with Crippen molar-refractivity contribution in [3.8, 4) is 0 Å². The molecule has 0 aliphatic carbocycles. The summed E-state index contributed by atoms with van der Waals surface area (Å²) in [5.74, 6) is -0.520. The Bertz CT molecular complexity index is 1160. The first kappa shape index (κ1) is 17.9. The van der Waals surface area contributed by atoms with Gasteiger partial charge in [0.25, 0.3) is 5.56 Å². The van der Waals surface area contributed by atoms with Crippen LogP contribution in [0.25, 0.3) is 10.8 Å². The lowest BCUT2D eigenvalue weighted by Gasteiger charge is -2.35. The minimum Gasteiger partial charge on any atom is -0.373 e. The standard InChI is InChI=1S/C22H20FN3O3/c1-26(22(28)17-8-12-4-2-3-5-16(12)24-17)19-11-29-10-18-20(19)14-7-6-13(23)9-15(14)21(27)25-18/h2-7,9,17,19,24H,8,10-11H2,1H3,(H,25,27)/t17-,19+/m0/s1. The van der Waals surface area contributed by atoms with Gasteiger partial charge >= 0.3 is 0 Å². The number of carbonyl (C=O) groups is 1. The third kappa shape index (κ3) is 2.89. The molecule has 0 fully saturated rings. The number of nitrogens with one attached hydrogen (secondary N) is 2. The van der Waals surface area contributed by atoms with Gasteiger partial charge < -0.3 is 19.9 Å². The highest BCUT2D eigenvalue weighted by atomic mass is 19.1. The first-order valence-corrected chi connectivity index (χ1v) is 9.56. The summed E-state index contributed by atoms with van der Waals surface area (Å²) in [4.78, 5) is 30.1. The Morgan fingerprint density at radius 3 is 2.86 bits per heavy atom. The molecule has 6 nitrogen and oxygen atoms in total. The van der Waals surface area contributed by atoms with Crippen LogP contribution in [0.4, 0.5) is 10.1 Å². The summed E-state index contributed by atoms with van der Waals surface area (Å²) < 4.78 is 19.4. The molecule has 2 aliphatic heterocycles. The topological polar surface area (TPSA) is 74.4 Å². The highest BCUT2D eigenvalue weighted by molar-refractivity contribution is 5.90. The van der Waals surface area contributed by atoms with E-state index >= 15 is 0 Å². The fraction of sp³-hybridized carbons (Fsp3) is 0.273. The van der Waals surface area contributed by atoms with E-state index in [9.17, 15) is 14.0 Å². The molecule has 0 unspecified atom stereocenters. The van der Waals surface area contributed by atoms with Crippen molar-refractivity contribution in [2.24, 2.45) is 0 Å². The number of amides is 1. The van der Waals surface area contributed by atoms with Crippen LogP contribution in [0.5, 0.6) is 0 Å². The van der Waals surface area contributed by atoms with E-state index in [2.05, 4.69) is 10.3 Å². The van der Waals surface area contributed by atoms with E-state index in [0.717, 1.165) is 16.8 Å². The van der Waals surface area contributed by atoms with Gasteiger partial charge in [-0.15, -0.1) is 0 Å². The number of hydrogen-bond acceptors (Lipinski definition) is 4. The number of pyridine rings is 1. The molecule has 2 N–H and O–H groups in total. The number of hydrogen-bond donors (Lipinski definition) is 2. The van der Waals surface area contributed by atoms with Crippen LogP contribution in [-0.4, -0.2) is 35.5 Å². The summed E-state index contributed by atoms with van der Waals surface area (Å²) in [6, 6.07) is 11.3. The van der Waals surface area contributed by atoms with Crippen LogP contribution < -0.4 is 10.9 Å². The first-order chi connectivity index (χ1) is 14.0. The molecule has 2 atom stereocenters. The van der Waals surface area contributed by atoms with E-state index in [-0.39, 0.29) is 35.5 Å². The molecular weight excluding hydrogens is 373 g/mol. The second kappa shape index (κ2) is 6.70. The van der Waals surface area contributed by atoms with Crippen molar-refractivity contribution in [1.82, 2.24) is 9.88 Å². The van der Waals surface area contributed by atoms with E-state index in [1.807, 2.05) is 24.3 Å². The van der Waals surface area contributed by atoms with Crippen LogP contribution in [0, 0.1) is 5.82 Å². The molecule has 5 rings (SSSR count). The summed E-state index contributed by atoms with van der Waals surface area (Å²) in [5.41, 5.74) is 3.18. The van der Waals surface area contributed by atoms with E-state index < -0.39 is 5.82 Å². The van der Waals surface area contributed by atoms with Gasteiger partial charge in [0, 0.05) is 30.4 Å². The minimum atomic E-state index is -0.469. The van der Waals surface area contributed by atoms with Gasteiger partial charge in [0.05, 0.1) is 24.6 Å². The fourth-order valence-corrected chi connectivity index (χ4v) is 4.38. The van der Waals surface area contributed by atoms with Crippen molar-refractivity contribution in [3.63, 3.8) is 0 Å². The van der Waals surface area contributed by atoms with Gasteiger partial charge in [0.1, 0.15) is 11.9 Å². The molecule has 2 aromatic carbocycles. The third-order valence-corrected chi connectivity index (χ3v) is 5.85. The molecule has 148 valence electrons. The zero-order valence-electron chi connectivity index (χ0n) is 15.9. The zero-order valence-corrected chi connectivity index (χ0v) is 15.9. The van der Waals surface area contributed by atoms with Crippen molar-refractivity contribution < 1.29 is 13.9 Å². The number of rotatable bonds is 2. The van der Waals surface area contributed by atoms with Crippen molar-refractivity contribution in [1.29, 1.82) is 0 Å². The van der Waals surface area contributed by atoms with Gasteiger partial charge in [-0.25, -0.2) is 4.39 Å². The Labute approximate surface area is 166 Å². The normalized spacial score (nSPS) is 20.1. The lowest BCUT2D eigenvalue weighted by atomic mass is 9.95. The minimum absolute atomic E-state index is 0.0517. The van der Waals surface area contributed by atoms with Gasteiger partial charge in [-0.1, -0.05) is 24.3 Å². The molecule has 3 aromatic rings. The van der Waals surface area contributed by atoms with Crippen molar-refractivity contribution in [3.05, 3.63) is 75.5 Å². The molecule has 3 heterocycles. The van der Waals surface area contributed by atoms with E-state index in [1.54, 1.807) is 18.0 Å². The maximum atomic E-state index is 13.7. The lowest BCUT2D eigenvalue weighted by molar-refractivity contribution is -0.134. The van der Waals surface area contributed by atoms with Crippen molar-refractivity contribution in [2.75, 3.05) is 19.0 Å². The third-order valence-electron chi connectivity index (χ3n) is 5.85. The van der Waals surface area contributed by atoms with Crippen LogP contribution in [-0.2, 0) is 22.6 Å². The van der Waals surface area contributed by atoms with Gasteiger partial charge in [-0.2, -0.15) is 0 Å². The van der Waals surface area contributed by atoms with Crippen LogP contribution in [0.1, 0.15) is 22.9 Å². The van der Waals surface area contributed by atoms with E-state index in [0.29, 0.717) is 24.1 Å². The number of ether oxygens (including phenoxy) is 1. The number of aromatic amines is 1. The number of halogens is 1. The maximum absolute atomic E-state index is 13.7. The second-order valence-electron chi connectivity index (χ2n) is 7.57. The highest BCUT2D eigenvalue weighted by Gasteiger charge is 2.35. The monoisotopic (exact) mass is 393 g/mol. The molecule has 0 saturated heterocycles. The summed E-state index contributed by atoms with van der Waals surface area (Å²) in [6.45, 7) is 0.566. The Morgan fingerprint density at radius 2 is 2.03 bits per heavy atom. The molecule has 0 spiro atoms. The predicted molar refractivity (Wildman–Crippen MR) is 107 cm³/mol. The number of para-hydroxylation sites is 1. The number of aromatic nitrogens is 1.